The van der Waals surface area contributed by atoms with Gasteiger partial charge in [0.05, 0.1) is 18.7 Å². The van der Waals surface area contributed by atoms with Gasteiger partial charge >= 0.3 is 19.2 Å². The number of benzene rings is 2. The number of carboxylic acid groups (broad SMARTS) is 1. The first-order valence-corrected chi connectivity index (χ1v) is 12.5. The molecular weight excluding hydrogens is 468 g/mol. The number of carbonyl (C=O) groups is 1. The maximum Gasteiger partial charge on any atom is 0.529 e. The standard InChI is InChI=1S/C27H29FNO5P/c1-17(2)14-24(27(18(3)30,26(31)32)35(33)34-4)23-16-29-25(20-8-6-5-7-9-20)15-22(23)19-10-12-21(28)13-11-19/h5-13,15-18,24,30H,14H2,1-4H3/p+1. The Labute approximate surface area is 205 Å². The van der Waals surface area contributed by atoms with E-state index >= 15 is 0 Å². The number of hydrogen-bond acceptors (Lipinski definition) is 5. The third kappa shape index (κ3) is 5.32. The largest absolute Gasteiger partial charge is 0.529 e. The van der Waals surface area contributed by atoms with Crippen LogP contribution in [0.1, 0.15) is 38.7 Å². The van der Waals surface area contributed by atoms with E-state index in [0.717, 1.165) is 5.56 Å². The Bertz CT molecular complexity index is 1180. The molecule has 2 aromatic carbocycles. The van der Waals surface area contributed by atoms with Gasteiger partial charge in [-0.3, -0.25) is 4.98 Å². The fraction of sp³-hybridized carbons (Fsp3) is 0.333. The first-order chi connectivity index (χ1) is 16.6. The van der Waals surface area contributed by atoms with Crippen LogP contribution in [-0.4, -0.2) is 39.5 Å². The molecule has 4 unspecified atom stereocenters. The van der Waals surface area contributed by atoms with E-state index in [-0.39, 0.29) is 5.92 Å². The molecule has 0 saturated carbocycles. The molecule has 0 aliphatic carbocycles. The fourth-order valence-corrected chi connectivity index (χ4v) is 5.80. The Balaban J connectivity index is 2.37. The number of pyridine rings is 1. The van der Waals surface area contributed by atoms with Crippen LogP contribution in [0.15, 0.2) is 66.9 Å². The van der Waals surface area contributed by atoms with E-state index < -0.39 is 37.0 Å². The van der Waals surface area contributed by atoms with Crippen molar-refractivity contribution in [2.75, 3.05) is 7.11 Å². The normalized spacial score (nSPS) is 15.3. The Morgan fingerprint density at radius 3 is 2.23 bits per heavy atom. The van der Waals surface area contributed by atoms with Crippen molar-refractivity contribution in [1.29, 1.82) is 0 Å². The topological polar surface area (TPSA) is 96.7 Å². The predicted molar refractivity (Wildman–Crippen MR) is 134 cm³/mol. The van der Waals surface area contributed by atoms with Crippen LogP contribution in [0.25, 0.3) is 22.4 Å². The molecule has 184 valence electrons. The monoisotopic (exact) mass is 498 g/mol. The van der Waals surface area contributed by atoms with Gasteiger partial charge in [0.1, 0.15) is 11.9 Å². The summed E-state index contributed by atoms with van der Waals surface area (Å²) in [4.78, 5) is 17.4. The third-order valence-electron chi connectivity index (χ3n) is 6.22. The third-order valence-corrected chi connectivity index (χ3v) is 8.03. The summed E-state index contributed by atoms with van der Waals surface area (Å²) in [6, 6.07) is 17.2. The van der Waals surface area contributed by atoms with Gasteiger partial charge in [-0.2, -0.15) is 0 Å². The number of aliphatic carboxylic acids is 1. The molecule has 0 bridgehead atoms. The zero-order valence-electron chi connectivity index (χ0n) is 20.2. The molecule has 0 spiro atoms. The molecule has 6 nitrogen and oxygen atoms in total. The van der Waals surface area contributed by atoms with Crippen LogP contribution in [0.4, 0.5) is 4.39 Å². The highest BCUT2D eigenvalue weighted by molar-refractivity contribution is 7.42. The molecule has 0 radical (unpaired) electrons. The number of aliphatic hydroxyl groups excluding tert-OH is 1. The van der Waals surface area contributed by atoms with E-state index in [1.165, 1.54) is 26.2 Å². The number of hydrogen-bond donors (Lipinski definition) is 2. The average molecular weight is 499 g/mol. The van der Waals surface area contributed by atoms with Crippen LogP contribution < -0.4 is 0 Å². The molecule has 4 atom stereocenters. The summed E-state index contributed by atoms with van der Waals surface area (Å²) in [5, 5.41) is 19.0. The van der Waals surface area contributed by atoms with E-state index in [1.807, 2.05) is 50.2 Å². The maximum atomic E-state index is 13.8. The van der Waals surface area contributed by atoms with Crippen molar-refractivity contribution >= 4 is 14.0 Å². The molecule has 0 aliphatic rings. The summed E-state index contributed by atoms with van der Waals surface area (Å²) in [7, 11) is -1.65. The van der Waals surface area contributed by atoms with Crippen molar-refractivity contribution in [3.8, 4) is 22.4 Å². The quantitative estimate of drug-likeness (QED) is 0.320. The highest BCUT2D eigenvalue weighted by atomic mass is 31.1. The van der Waals surface area contributed by atoms with E-state index in [2.05, 4.69) is 4.98 Å². The Morgan fingerprint density at radius 1 is 1.09 bits per heavy atom. The Kier molecular flexibility index (Phi) is 8.49. The maximum absolute atomic E-state index is 13.8. The molecule has 3 rings (SSSR count). The highest BCUT2D eigenvalue weighted by Gasteiger charge is 2.67. The molecule has 1 heterocycles. The number of aromatic nitrogens is 1. The SMILES string of the molecule is CO[P+](=O)C(C(=O)O)(C(C)O)C(CC(C)C)c1cnc(-c2ccccc2)cc1-c1ccc(F)cc1. The molecule has 2 N–H and O–H groups in total. The van der Waals surface area contributed by atoms with Crippen molar-refractivity contribution in [2.24, 2.45) is 5.92 Å². The first-order valence-electron chi connectivity index (χ1n) is 11.4. The number of rotatable bonds is 10. The second kappa shape index (κ2) is 11.2. The van der Waals surface area contributed by atoms with Crippen LogP contribution in [0, 0.1) is 11.7 Å². The minimum absolute atomic E-state index is 0.00685. The van der Waals surface area contributed by atoms with Gasteiger partial charge in [-0.25, -0.2) is 9.18 Å². The number of aliphatic hydroxyl groups is 1. The molecule has 1 aromatic heterocycles. The van der Waals surface area contributed by atoms with Crippen LogP contribution >= 0.6 is 8.03 Å². The summed E-state index contributed by atoms with van der Waals surface area (Å²) in [5.41, 5.74) is 3.26. The minimum atomic E-state index is -2.82. The fourth-order valence-electron chi connectivity index (χ4n) is 4.53. The smallest absolute Gasteiger partial charge is 0.477 e. The molecule has 3 aromatic rings. The molecule has 0 saturated heterocycles. The first kappa shape index (κ1) is 26.6. The number of halogens is 1. The van der Waals surface area contributed by atoms with Crippen molar-refractivity contribution in [3.05, 3.63) is 78.2 Å². The Morgan fingerprint density at radius 2 is 1.71 bits per heavy atom. The van der Waals surface area contributed by atoms with Crippen molar-refractivity contribution in [1.82, 2.24) is 4.98 Å². The van der Waals surface area contributed by atoms with Crippen LogP contribution in [0.5, 0.6) is 0 Å². The average Bonchev–Trinajstić information content (AvgIpc) is 2.83. The van der Waals surface area contributed by atoms with Gasteiger partial charge in [-0.1, -0.05) is 56.3 Å². The predicted octanol–water partition coefficient (Wildman–Crippen LogP) is 6.28. The molecule has 35 heavy (non-hydrogen) atoms. The Hall–Kier alpha value is -2.99. The minimum Gasteiger partial charge on any atom is -0.477 e. The van der Waals surface area contributed by atoms with Gasteiger partial charge in [0.25, 0.3) is 0 Å². The summed E-state index contributed by atoms with van der Waals surface area (Å²) in [6.45, 7) is 5.16. The summed E-state index contributed by atoms with van der Waals surface area (Å²) in [5.74, 6) is -2.75. The van der Waals surface area contributed by atoms with Crippen LogP contribution in [-0.2, 0) is 13.9 Å². The zero-order valence-corrected chi connectivity index (χ0v) is 21.1. The van der Waals surface area contributed by atoms with E-state index in [0.29, 0.717) is 28.8 Å². The lowest BCUT2D eigenvalue weighted by Crippen LogP contribution is -2.50. The van der Waals surface area contributed by atoms with E-state index in [4.69, 9.17) is 4.52 Å². The van der Waals surface area contributed by atoms with Crippen LogP contribution in [0.3, 0.4) is 0 Å². The molecule has 0 amide bonds. The van der Waals surface area contributed by atoms with Crippen molar-refractivity contribution < 1.29 is 28.5 Å². The number of nitrogens with zero attached hydrogens (tertiary/aromatic N) is 1. The van der Waals surface area contributed by atoms with Gasteiger partial charge in [0.15, 0.2) is 0 Å². The molecular formula is C27H30FNO5P+. The van der Waals surface area contributed by atoms with Gasteiger partial charge in [-0.15, -0.1) is 4.52 Å². The summed E-state index contributed by atoms with van der Waals surface area (Å²) >= 11 is 0. The zero-order chi connectivity index (χ0) is 25.8. The lowest BCUT2D eigenvalue weighted by atomic mass is 9.75. The van der Waals surface area contributed by atoms with Gasteiger partial charge in [0, 0.05) is 11.8 Å². The summed E-state index contributed by atoms with van der Waals surface area (Å²) in [6.07, 6.45) is 0.372. The lowest BCUT2D eigenvalue weighted by molar-refractivity contribution is -0.144. The highest BCUT2D eigenvalue weighted by Crippen LogP contribution is 2.55. The van der Waals surface area contributed by atoms with E-state index in [9.17, 15) is 24.0 Å². The van der Waals surface area contributed by atoms with Gasteiger partial charge in [-0.05, 0) is 58.7 Å². The number of carboxylic acids is 1. The van der Waals surface area contributed by atoms with Gasteiger partial charge < -0.3 is 10.2 Å². The van der Waals surface area contributed by atoms with Crippen molar-refractivity contribution in [3.63, 3.8) is 0 Å². The second-order valence-corrected chi connectivity index (χ2v) is 10.6. The van der Waals surface area contributed by atoms with Crippen molar-refractivity contribution in [2.45, 2.75) is 44.4 Å². The lowest BCUT2D eigenvalue weighted by Gasteiger charge is -2.32. The molecule has 0 aliphatic heterocycles. The second-order valence-electron chi connectivity index (χ2n) is 8.96. The molecule has 8 heteroatoms. The van der Waals surface area contributed by atoms with Gasteiger partial charge in [0.2, 0.25) is 0 Å². The molecule has 0 fully saturated rings. The summed E-state index contributed by atoms with van der Waals surface area (Å²) < 4.78 is 32.0. The van der Waals surface area contributed by atoms with Crippen LogP contribution in [0.2, 0.25) is 0 Å². The van der Waals surface area contributed by atoms with E-state index in [1.54, 1.807) is 18.3 Å².